The Morgan fingerprint density at radius 1 is 1.04 bits per heavy atom. The van der Waals surface area contributed by atoms with Crippen molar-refractivity contribution in [3.05, 3.63) is 49.1 Å². The summed E-state index contributed by atoms with van der Waals surface area (Å²) in [5, 5.41) is 8.06. The average molecular weight is 344 g/mol. The zero-order chi connectivity index (χ0) is 17.7. The molecular weight excluding hydrogens is 324 g/mol. The maximum absolute atomic E-state index is 4.62. The lowest BCUT2D eigenvalue weighted by Crippen LogP contribution is -2.41. The van der Waals surface area contributed by atoms with Crippen molar-refractivity contribution in [2.24, 2.45) is 5.41 Å². The molecule has 0 radical (unpaired) electrons. The molecule has 4 aromatic rings. The number of aromatic nitrogens is 5. The molecule has 3 heterocycles. The van der Waals surface area contributed by atoms with Crippen molar-refractivity contribution >= 4 is 22.5 Å². The van der Waals surface area contributed by atoms with Gasteiger partial charge in [0.1, 0.15) is 0 Å². The first-order chi connectivity index (χ1) is 12.6. The highest BCUT2D eigenvalue weighted by molar-refractivity contribution is 5.86. The third-order valence-electron chi connectivity index (χ3n) is 5.13. The minimum atomic E-state index is 0.432. The molecule has 26 heavy (non-hydrogen) atoms. The van der Waals surface area contributed by atoms with Crippen molar-refractivity contribution in [1.82, 2.24) is 24.6 Å². The standard InChI is InChI=1S/C20H20N6/c1-20(2)10-14(11-20)24-19-23-12-18-15(5-8-26(18)25-19)13-3-4-16-17(9-13)22-7-6-21-16/h3-9,12,14H,10-11H2,1-2H3,(H,24,25). The van der Waals surface area contributed by atoms with Crippen LogP contribution in [0.5, 0.6) is 0 Å². The lowest BCUT2D eigenvalue weighted by molar-refractivity contribution is 0.167. The largest absolute Gasteiger partial charge is 0.350 e. The van der Waals surface area contributed by atoms with Crippen LogP contribution in [0.15, 0.2) is 49.1 Å². The predicted octanol–water partition coefficient (Wildman–Crippen LogP) is 3.94. The zero-order valence-electron chi connectivity index (χ0n) is 14.8. The van der Waals surface area contributed by atoms with Gasteiger partial charge in [0, 0.05) is 30.2 Å². The smallest absolute Gasteiger partial charge is 0.241 e. The first-order valence-electron chi connectivity index (χ1n) is 8.90. The Balaban J connectivity index is 1.47. The van der Waals surface area contributed by atoms with Crippen LogP contribution in [0.2, 0.25) is 0 Å². The van der Waals surface area contributed by atoms with Gasteiger partial charge in [0.25, 0.3) is 0 Å². The predicted molar refractivity (Wildman–Crippen MR) is 102 cm³/mol. The van der Waals surface area contributed by atoms with Crippen molar-refractivity contribution in [1.29, 1.82) is 0 Å². The first-order valence-corrected chi connectivity index (χ1v) is 8.90. The van der Waals surface area contributed by atoms with E-state index in [1.54, 1.807) is 12.4 Å². The van der Waals surface area contributed by atoms with Gasteiger partial charge < -0.3 is 5.32 Å². The lowest BCUT2D eigenvalue weighted by atomic mass is 9.68. The van der Waals surface area contributed by atoms with Crippen LogP contribution < -0.4 is 5.32 Å². The van der Waals surface area contributed by atoms with Crippen LogP contribution >= 0.6 is 0 Å². The number of fused-ring (bicyclic) bond motifs is 2. The molecule has 0 bridgehead atoms. The number of nitrogens with zero attached hydrogens (tertiary/aromatic N) is 5. The van der Waals surface area contributed by atoms with E-state index in [2.05, 4.69) is 57.4 Å². The summed E-state index contributed by atoms with van der Waals surface area (Å²) in [6.45, 7) is 4.59. The van der Waals surface area contributed by atoms with Crippen molar-refractivity contribution in [3.63, 3.8) is 0 Å². The van der Waals surface area contributed by atoms with Crippen LogP contribution in [0, 0.1) is 5.41 Å². The van der Waals surface area contributed by atoms with E-state index < -0.39 is 0 Å². The molecule has 1 aliphatic carbocycles. The van der Waals surface area contributed by atoms with Gasteiger partial charge in [-0.15, -0.1) is 5.10 Å². The number of rotatable bonds is 3. The molecule has 0 aliphatic heterocycles. The molecule has 0 atom stereocenters. The van der Waals surface area contributed by atoms with Gasteiger partial charge >= 0.3 is 0 Å². The van der Waals surface area contributed by atoms with Crippen LogP contribution in [0.1, 0.15) is 26.7 Å². The molecule has 1 aromatic carbocycles. The topological polar surface area (TPSA) is 68.0 Å². The first kappa shape index (κ1) is 15.3. The van der Waals surface area contributed by atoms with Gasteiger partial charge in [0.2, 0.25) is 5.95 Å². The maximum atomic E-state index is 4.62. The third-order valence-corrected chi connectivity index (χ3v) is 5.13. The highest BCUT2D eigenvalue weighted by atomic mass is 15.3. The van der Waals surface area contributed by atoms with E-state index in [9.17, 15) is 0 Å². The fourth-order valence-corrected chi connectivity index (χ4v) is 3.90. The van der Waals surface area contributed by atoms with Crippen LogP contribution in [-0.2, 0) is 0 Å². The molecule has 0 spiro atoms. The third kappa shape index (κ3) is 2.58. The molecular formula is C20H20N6. The Morgan fingerprint density at radius 2 is 1.85 bits per heavy atom. The molecule has 0 saturated heterocycles. The second-order valence-electron chi connectivity index (χ2n) is 7.81. The Bertz CT molecular complexity index is 1110. The van der Waals surface area contributed by atoms with Gasteiger partial charge in [0.05, 0.1) is 22.7 Å². The fraction of sp³-hybridized carbons (Fsp3) is 0.300. The van der Waals surface area contributed by atoms with Crippen molar-refractivity contribution in [2.45, 2.75) is 32.7 Å². The number of hydrogen-bond donors (Lipinski definition) is 1. The van der Waals surface area contributed by atoms with Gasteiger partial charge in [-0.2, -0.15) is 0 Å². The Kier molecular flexibility index (Phi) is 3.22. The molecule has 6 nitrogen and oxygen atoms in total. The van der Waals surface area contributed by atoms with Crippen LogP contribution in [0.4, 0.5) is 5.95 Å². The Labute approximate surface area is 151 Å². The number of nitrogens with one attached hydrogen (secondary N) is 1. The van der Waals surface area contributed by atoms with E-state index in [-0.39, 0.29) is 0 Å². The summed E-state index contributed by atoms with van der Waals surface area (Å²) < 4.78 is 1.88. The summed E-state index contributed by atoms with van der Waals surface area (Å²) in [6.07, 6.45) is 9.60. The summed E-state index contributed by atoms with van der Waals surface area (Å²) >= 11 is 0. The second kappa shape index (κ2) is 5.49. The van der Waals surface area contributed by atoms with Gasteiger partial charge in [-0.05, 0) is 42.0 Å². The summed E-state index contributed by atoms with van der Waals surface area (Å²) in [7, 11) is 0. The Morgan fingerprint density at radius 3 is 2.65 bits per heavy atom. The van der Waals surface area contributed by atoms with Crippen molar-refractivity contribution in [2.75, 3.05) is 5.32 Å². The van der Waals surface area contributed by atoms with E-state index in [0.717, 1.165) is 40.5 Å². The Hall–Kier alpha value is -3.02. The van der Waals surface area contributed by atoms with Crippen LogP contribution in [-0.4, -0.2) is 30.6 Å². The highest BCUT2D eigenvalue weighted by Gasteiger charge is 2.36. The molecule has 3 aromatic heterocycles. The number of benzene rings is 1. The molecule has 1 saturated carbocycles. The van der Waals surface area contributed by atoms with Gasteiger partial charge in [-0.3, -0.25) is 9.97 Å². The molecule has 1 N–H and O–H groups in total. The molecule has 6 heteroatoms. The minimum Gasteiger partial charge on any atom is -0.350 e. The quantitative estimate of drug-likeness (QED) is 0.610. The molecule has 1 fully saturated rings. The lowest BCUT2D eigenvalue weighted by Gasteiger charge is -2.42. The summed E-state index contributed by atoms with van der Waals surface area (Å²) in [6, 6.07) is 8.65. The highest BCUT2D eigenvalue weighted by Crippen LogP contribution is 2.41. The maximum Gasteiger partial charge on any atom is 0.241 e. The minimum absolute atomic E-state index is 0.432. The normalized spacial score (nSPS) is 16.7. The van der Waals surface area contributed by atoms with Crippen LogP contribution in [0.3, 0.4) is 0 Å². The summed E-state index contributed by atoms with van der Waals surface area (Å²) in [4.78, 5) is 13.2. The van der Waals surface area contributed by atoms with Crippen molar-refractivity contribution < 1.29 is 0 Å². The van der Waals surface area contributed by atoms with Gasteiger partial charge in [-0.25, -0.2) is 9.50 Å². The van der Waals surface area contributed by atoms with Gasteiger partial charge in [0.15, 0.2) is 0 Å². The van der Waals surface area contributed by atoms with E-state index in [4.69, 9.17) is 0 Å². The van der Waals surface area contributed by atoms with Gasteiger partial charge in [-0.1, -0.05) is 19.9 Å². The molecule has 0 amide bonds. The summed E-state index contributed by atoms with van der Waals surface area (Å²) in [5.41, 5.74) is 5.37. The zero-order valence-corrected chi connectivity index (χ0v) is 14.8. The second-order valence-corrected chi connectivity index (χ2v) is 7.81. The van der Waals surface area contributed by atoms with E-state index in [1.165, 1.54) is 0 Å². The van der Waals surface area contributed by atoms with E-state index >= 15 is 0 Å². The molecule has 1 aliphatic rings. The molecule has 130 valence electrons. The molecule has 5 rings (SSSR count). The van der Waals surface area contributed by atoms with E-state index in [1.807, 2.05) is 23.0 Å². The summed E-state index contributed by atoms with van der Waals surface area (Å²) in [5.74, 6) is 0.685. The van der Waals surface area contributed by atoms with Crippen molar-refractivity contribution in [3.8, 4) is 11.1 Å². The average Bonchev–Trinajstić information content (AvgIpc) is 3.03. The van der Waals surface area contributed by atoms with E-state index in [0.29, 0.717) is 17.4 Å². The number of anilines is 1. The monoisotopic (exact) mass is 344 g/mol. The van der Waals surface area contributed by atoms with Crippen LogP contribution in [0.25, 0.3) is 27.7 Å². The number of hydrogen-bond acceptors (Lipinski definition) is 5. The molecule has 0 unspecified atom stereocenters. The fourth-order valence-electron chi connectivity index (χ4n) is 3.90. The SMILES string of the molecule is CC1(C)CC(Nc2ncc3c(-c4ccc5nccnc5c4)ccn3n2)C1.